The third-order valence-corrected chi connectivity index (χ3v) is 3.36. The molecule has 1 fully saturated rings. The first-order valence-electron chi connectivity index (χ1n) is 6.25. The molecule has 0 spiro atoms. The summed E-state index contributed by atoms with van der Waals surface area (Å²) in [6.45, 7) is 0. The molecule has 3 N–H and O–H groups in total. The number of aromatic nitrogens is 1. The lowest BCUT2D eigenvalue weighted by Crippen LogP contribution is -2.40. The molecule has 0 radical (unpaired) electrons. The van der Waals surface area contributed by atoms with Gasteiger partial charge in [0.15, 0.2) is 0 Å². The predicted octanol–water partition coefficient (Wildman–Crippen LogP) is 1.09. The maximum absolute atomic E-state index is 12.1. The van der Waals surface area contributed by atoms with E-state index in [1.54, 1.807) is 18.5 Å². The Morgan fingerprint density at radius 3 is 2.83 bits per heavy atom. The number of nitrogens with zero attached hydrogens (tertiary/aromatic N) is 1. The van der Waals surface area contributed by atoms with Crippen molar-refractivity contribution in [1.29, 1.82) is 0 Å². The highest BCUT2D eigenvalue weighted by Crippen LogP contribution is 2.19. The van der Waals surface area contributed by atoms with Crippen LogP contribution in [0, 0.1) is 0 Å². The first kappa shape index (κ1) is 12.8. The van der Waals surface area contributed by atoms with Crippen molar-refractivity contribution in [1.82, 2.24) is 10.3 Å². The lowest BCUT2D eigenvalue weighted by atomic mass is 9.91. The molecule has 1 saturated carbocycles. The first-order chi connectivity index (χ1) is 8.70. The summed E-state index contributed by atoms with van der Waals surface area (Å²) in [4.78, 5) is 16.1. The summed E-state index contributed by atoms with van der Waals surface area (Å²) in [6, 6.07) is 2.17. The Labute approximate surface area is 107 Å². The van der Waals surface area contributed by atoms with Crippen molar-refractivity contribution in [3.63, 3.8) is 0 Å². The molecule has 1 aromatic heterocycles. The topological polar surface area (TPSA) is 77.2 Å². The molecule has 0 aliphatic heterocycles. The Morgan fingerprint density at radius 1 is 1.44 bits per heavy atom. The lowest BCUT2D eigenvalue weighted by molar-refractivity contribution is 0.0922. The van der Waals surface area contributed by atoms with Crippen LogP contribution in [-0.2, 0) is 0 Å². The summed E-state index contributed by atoms with van der Waals surface area (Å²) < 4.78 is 5.13. The van der Waals surface area contributed by atoms with Crippen LogP contribution in [0.1, 0.15) is 36.0 Å². The van der Waals surface area contributed by atoms with Gasteiger partial charge in [0.2, 0.25) is 0 Å². The second-order valence-corrected chi connectivity index (χ2v) is 4.66. The van der Waals surface area contributed by atoms with Gasteiger partial charge >= 0.3 is 0 Å². The third kappa shape index (κ3) is 2.98. The van der Waals surface area contributed by atoms with Gasteiger partial charge < -0.3 is 15.8 Å². The van der Waals surface area contributed by atoms with Gasteiger partial charge in [-0.25, -0.2) is 0 Å². The SMILES string of the molecule is COc1cnccc1C(=O)NC1CCC(N)CC1. The van der Waals surface area contributed by atoms with Crippen molar-refractivity contribution in [3.8, 4) is 5.75 Å². The average molecular weight is 249 g/mol. The van der Waals surface area contributed by atoms with E-state index >= 15 is 0 Å². The zero-order valence-electron chi connectivity index (χ0n) is 10.6. The number of nitrogens with one attached hydrogen (secondary N) is 1. The van der Waals surface area contributed by atoms with E-state index in [0.29, 0.717) is 11.3 Å². The Balaban J connectivity index is 1.99. The highest BCUT2D eigenvalue weighted by molar-refractivity contribution is 5.96. The minimum absolute atomic E-state index is 0.102. The fourth-order valence-electron chi connectivity index (χ4n) is 2.26. The normalized spacial score (nSPS) is 23.4. The molecular formula is C13H19N3O2. The van der Waals surface area contributed by atoms with Gasteiger partial charge in [-0.1, -0.05) is 0 Å². The zero-order chi connectivity index (χ0) is 13.0. The molecule has 0 saturated heterocycles. The summed E-state index contributed by atoms with van der Waals surface area (Å²) >= 11 is 0. The van der Waals surface area contributed by atoms with Crippen LogP contribution in [0.25, 0.3) is 0 Å². The van der Waals surface area contributed by atoms with Gasteiger partial charge in [-0.2, -0.15) is 0 Å². The van der Waals surface area contributed by atoms with E-state index in [4.69, 9.17) is 10.5 Å². The van der Waals surface area contributed by atoms with Gasteiger partial charge in [0.05, 0.1) is 18.9 Å². The fraction of sp³-hybridized carbons (Fsp3) is 0.538. The Kier molecular flexibility index (Phi) is 4.15. The van der Waals surface area contributed by atoms with E-state index < -0.39 is 0 Å². The van der Waals surface area contributed by atoms with E-state index in [9.17, 15) is 4.79 Å². The van der Waals surface area contributed by atoms with Crippen molar-refractivity contribution in [2.24, 2.45) is 5.73 Å². The van der Waals surface area contributed by atoms with Crippen molar-refractivity contribution >= 4 is 5.91 Å². The largest absolute Gasteiger partial charge is 0.494 e. The van der Waals surface area contributed by atoms with Gasteiger partial charge in [-0.3, -0.25) is 9.78 Å². The van der Waals surface area contributed by atoms with Crippen LogP contribution in [-0.4, -0.2) is 30.1 Å². The van der Waals surface area contributed by atoms with Gasteiger partial charge in [0.25, 0.3) is 5.91 Å². The number of hydrogen-bond acceptors (Lipinski definition) is 4. The van der Waals surface area contributed by atoms with Crippen LogP contribution in [0.4, 0.5) is 0 Å². The minimum atomic E-state index is -0.102. The molecule has 1 aromatic rings. The highest BCUT2D eigenvalue weighted by atomic mass is 16.5. The molecule has 1 aliphatic rings. The standard InChI is InChI=1S/C13H19N3O2/c1-18-12-8-15-7-6-11(12)13(17)16-10-4-2-9(14)3-5-10/h6-10H,2-5,14H2,1H3,(H,16,17). The number of hydrogen-bond donors (Lipinski definition) is 2. The Morgan fingerprint density at radius 2 is 2.17 bits per heavy atom. The molecule has 0 bridgehead atoms. The molecule has 0 unspecified atom stereocenters. The Hall–Kier alpha value is -1.62. The number of carbonyl (C=O) groups excluding carboxylic acids is 1. The minimum Gasteiger partial charge on any atom is -0.494 e. The number of pyridine rings is 1. The van der Waals surface area contributed by atoms with Crippen molar-refractivity contribution < 1.29 is 9.53 Å². The van der Waals surface area contributed by atoms with Crippen LogP contribution in [0.2, 0.25) is 0 Å². The van der Waals surface area contributed by atoms with Crippen LogP contribution >= 0.6 is 0 Å². The van der Waals surface area contributed by atoms with Gasteiger partial charge in [0.1, 0.15) is 5.75 Å². The number of rotatable bonds is 3. The molecular weight excluding hydrogens is 230 g/mol. The van der Waals surface area contributed by atoms with E-state index in [-0.39, 0.29) is 18.0 Å². The fourth-order valence-corrected chi connectivity index (χ4v) is 2.26. The van der Waals surface area contributed by atoms with E-state index in [1.165, 1.54) is 7.11 Å². The summed E-state index contributed by atoms with van der Waals surface area (Å²) in [6.07, 6.45) is 6.97. The molecule has 18 heavy (non-hydrogen) atoms. The van der Waals surface area contributed by atoms with Crippen LogP contribution < -0.4 is 15.8 Å². The number of ether oxygens (including phenoxy) is 1. The van der Waals surface area contributed by atoms with Crippen LogP contribution in [0.5, 0.6) is 5.75 Å². The molecule has 2 rings (SSSR count). The highest BCUT2D eigenvalue weighted by Gasteiger charge is 2.21. The van der Waals surface area contributed by atoms with Crippen molar-refractivity contribution in [2.45, 2.75) is 37.8 Å². The van der Waals surface area contributed by atoms with E-state index in [2.05, 4.69) is 10.3 Å². The summed E-state index contributed by atoms with van der Waals surface area (Å²) in [5.74, 6) is 0.400. The molecule has 1 aliphatic carbocycles. The molecule has 5 nitrogen and oxygen atoms in total. The van der Waals surface area contributed by atoms with Gasteiger partial charge in [-0.05, 0) is 31.7 Å². The monoisotopic (exact) mass is 249 g/mol. The van der Waals surface area contributed by atoms with E-state index in [1.807, 2.05) is 0 Å². The van der Waals surface area contributed by atoms with Crippen molar-refractivity contribution in [2.75, 3.05) is 7.11 Å². The maximum atomic E-state index is 12.1. The summed E-state index contributed by atoms with van der Waals surface area (Å²) in [5, 5.41) is 3.03. The van der Waals surface area contributed by atoms with E-state index in [0.717, 1.165) is 25.7 Å². The van der Waals surface area contributed by atoms with Crippen molar-refractivity contribution in [3.05, 3.63) is 24.0 Å². The van der Waals surface area contributed by atoms with Gasteiger partial charge in [-0.15, -0.1) is 0 Å². The third-order valence-electron chi connectivity index (χ3n) is 3.36. The zero-order valence-corrected chi connectivity index (χ0v) is 10.6. The molecule has 0 aromatic carbocycles. The summed E-state index contributed by atoms with van der Waals surface area (Å²) in [5.41, 5.74) is 6.37. The Bertz CT molecular complexity index is 414. The predicted molar refractivity (Wildman–Crippen MR) is 68.5 cm³/mol. The number of methoxy groups -OCH3 is 1. The molecule has 0 atom stereocenters. The quantitative estimate of drug-likeness (QED) is 0.840. The molecule has 1 heterocycles. The first-order valence-corrected chi connectivity index (χ1v) is 6.25. The van der Waals surface area contributed by atoms with Crippen LogP contribution in [0.3, 0.4) is 0 Å². The smallest absolute Gasteiger partial charge is 0.255 e. The molecule has 5 heteroatoms. The second kappa shape index (κ2) is 5.82. The number of amides is 1. The average Bonchev–Trinajstić information content (AvgIpc) is 2.41. The van der Waals surface area contributed by atoms with Crippen LogP contribution in [0.15, 0.2) is 18.5 Å². The second-order valence-electron chi connectivity index (χ2n) is 4.66. The number of carbonyl (C=O) groups is 1. The maximum Gasteiger partial charge on any atom is 0.255 e. The van der Waals surface area contributed by atoms with Gasteiger partial charge in [0, 0.05) is 18.3 Å². The lowest BCUT2D eigenvalue weighted by Gasteiger charge is -2.26. The molecule has 98 valence electrons. The number of nitrogens with two attached hydrogens (primary N) is 1. The summed E-state index contributed by atoms with van der Waals surface area (Å²) in [7, 11) is 1.54. The molecule has 1 amide bonds.